The summed E-state index contributed by atoms with van der Waals surface area (Å²) in [6.07, 6.45) is 2.71. The molecule has 3 aromatic rings. The molecule has 0 unspecified atom stereocenters. The Labute approximate surface area is 185 Å². The number of aromatic nitrogens is 4. The van der Waals surface area contributed by atoms with Gasteiger partial charge in [-0.25, -0.2) is 9.78 Å². The van der Waals surface area contributed by atoms with E-state index >= 15 is 0 Å². The van der Waals surface area contributed by atoms with E-state index in [2.05, 4.69) is 9.98 Å². The lowest BCUT2D eigenvalue weighted by atomic mass is 10.1. The van der Waals surface area contributed by atoms with E-state index < -0.39 is 5.69 Å². The quantitative estimate of drug-likeness (QED) is 0.401. The van der Waals surface area contributed by atoms with Crippen molar-refractivity contribution in [1.82, 2.24) is 18.7 Å². The number of hydrogen-bond acceptors (Lipinski definition) is 6. The number of nitrogens with zero attached hydrogens (tertiary/aromatic N) is 5. The predicted octanol–water partition coefficient (Wildman–Crippen LogP) is 0.863. The normalized spacial score (nSPS) is 11.4. The Morgan fingerprint density at radius 3 is 2.52 bits per heavy atom. The number of nitrogens with two attached hydrogens (primary N) is 1. The Morgan fingerprint density at radius 2 is 1.84 bits per heavy atom. The highest BCUT2D eigenvalue weighted by atomic mass is 35.5. The first kappa shape index (κ1) is 24.0. The van der Waals surface area contributed by atoms with Crippen molar-refractivity contribution in [3.63, 3.8) is 0 Å². The van der Waals surface area contributed by atoms with Crippen molar-refractivity contribution in [2.75, 3.05) is 20.8 Å². The van der Waals surface area contributed by atoms with Crippen LogP contribution in [0.15, 0.2) is 39.1 Å². The average molecular weight is 451 g/mol. The van der Waals surface area contributed by atoms with Crippen LogP contribution in [0.5, 0.6) is 11.5 Å². The van der Waals surface area contributed by atoms with Gasteiger partial charge in [0.1, 0.15) is 0 Å². The highest BCUT2D eigenvalue weighted by Crippen LogP contribution is 2.27. The van der Waals surface area contributed by atoms with E-state index in [9.17, 15) is 9.59 Å². The number of benzene rings is 1. The molecule has 168 valence electrons. The van der Waals surface area contributed by atoms with Crippen molar-refractivity contribution in [2.45, 2.75) is 19.4 Å². The third-order valence-corrected chi connectivity index (χ3v) is 4.99. The SMILES string of the molecule is COc1ccc(CCN=C(N)CCn2cnc3c2c(=O)n(C)c(=O)n3C)cc1OC.Cl. The lowest BCUT2D eigenvalue weighted by Crippen LogP contribution is -2.37. The van der Waals surface area contributed by atoms with Gasteiger partial charge < -0.3 is 19.8 Å². The highest BCUT2D eigenvalue weighted by molar-refractivity contribution is 5.85. The minimum absolute atomic E-state index is 0. The molecule has 0 atom stereocenters. The number of halogens is 1. The predicted molar refractivity (Wildman–Crippen MR) is 122 cm³/mol. The van der Waals surface area contributed by atoms with Gasteiger partial charge in [-0.15, -0.1) is 12.4 Å². The summed E-state index contributed by atoms with van der Waals surface area (Å²) in [4.78, 5) is 33.1. The zero-order chi connectivity index (χ0) is 21.8. The van der Waals surface area contributed by atoms with Gasteiger partial charge in [-0.1, -0.05) is 6.07 Å². The molecule has 0 saturated carbocycles. The number of hydrogen-bond donors (Lipinski definition) is 1. The van der Waals surface area contributed by atoms with Crippen molar-refractivity contribution < 1.29 is 9.47 Å². The Kier molecular flexibility index (Phi) is 7.87. The van der Waals surface area contributed by atoms with Crippen LogP contribution in [0.4, 0.5) is 0 Å². The average Bonchev–Trinajstić information content (AvgIpc) is 3.18. The highest BCUT2D eigenvalue weighted by Gasteiger charge is 2.14. The molecule has 0 fully saturated rings. The van der Waals surface area contributed by atoms with Crippen LogP contribution in [0.3, 0.4) is 0 Å². The van der Waals surface area contributed by atoms with Gasteiger partial charge >= 0.3 is 5.69 Å². The number of fused-ring (bicyclic) bond motifs is 1. The molecular weight excluding hydrogens is 424 g/mol. The molecule has 0 radical (unpaired) electrons. The van der Waals surface area contributed by atoms with Gasteiger partial charge in [-0.2, -0.15) is 0 Å². The van der Waals surface area contributed by atoms with Crippen LogP contribution in [-0.4, -0.2) is 45.3 Å². The molecule has 11 heteroatoms. The fraction of sp³-hybridized carbons (Fsp3) is 0.400. The number of aliphatic imine (C=N–C) groups is 1. The fourth-order valence-corrected chi connectivity index (χ4v) is 3.25. The summed E-state index contributed by atoms with van der Waals surface area (Å²) < 4.78 is 14.7. The largest absolute Gasteiger partial charge is 0.493 e. The summed E-state index contributed by atoms with van der Waals surface area (Å²) in [7, 11) is 6.24. The Hall–Kier alpha value is -3.27. The third-order valence-electron chi connectivity index (χ3n) is 4.99. The topological polar surface area (TPSA) is 119 Å². The van der Waals surface area contributed by atoms with Crippen molar-refractivity contribution in [3.8, 4) is 11.5 Å². The van der Waals surface area contributed by atoms with Crippen LogP contribution in [0.25, 0.3) is 11.2 Å². The number of rotatable bonds is 8. The van der Waals surface area contributed by atoms with E-state index in [1.54, 1.807) is 32.2 Å². The molecule has 10 nitrogen and oxygen atoms in total. The molecule has 0 aliphatic heterocycles. The van der Waals surface area contributed by atoms with E-state index in [0.29, 0.717) is 54.4 Å². The van der Waals surface area contributed by atoms with Gasteiger partial charge in [0, 0.05) is 33.6 Å². The zero-order valence-corrected chi connectivity index (χ0v) is 18.8. The van der Waals surface area contributed by atoms with Crippen LogP contribution in [0.2, 0.25) is 0 Å². The molecule has 0 aliphatic carbocycles. The van der Waals surface area contributed by atoms with E-state index in [0.717, 1.165) is 10.1 Å². The molecule has 1 aromatic carbocycles. The van der Waals surface area contributed by atoms with E-state index in [1.807, 2.05) is 18.2 Å². The summed E-state index contributed by atoms with van der Waals surface area (Å²) in [6.45, 7) is 0.970. The Morgan fingerprint density at radius 1 is 1.13 bits per heavy atom. The number of aryl methyl sites for hydroxylation is 2. The minimum atomic E-state index is -0.408. The molecule has 2 heterocycles. The van der Waals surface area contributed by atoms with Crippen LogP contribution in [0, 0.1) is 0 Å². The van der Waals surface area contributed by atoms with Crippen molar-refractivity contribution >= 4 is 29.4 Å². The first-order valence-corrected chi connectivity index (χ1v) is 9.48. The van der Waals surface area contributed by atoms with Gasteiger partial charge in [0.25, 0.3) is 5.56 Å². The standard InChI is InChI=1S/C20H26N6O4.ClH/c1-24-18-17(19(27)25(2)20(24)28)26(12-23-18)10-8-16(21)22-9-7-13-5-6-14(29-3)15(11-13)30-4;/h5-6,11-12H,7-10H2,1-4H3,(H2,21,22);1H. The van der Waals surface area contributed by atoms with Crippen molar-refractivity contribution in [1.29, 1.82) is 0 Å². The molecular formula is C20H27ClN6O4. The third kappa shape index (κ3) is 4.91. The van der Waals surface area contributed by atoms with Gasteiger partial charge in [0.2, 0.25) is 0 Å². The molecule has 2 aromatic heterocycles. The molecule has 0 aliphatic rings. The van der Waals surface area contributed by atoms with Crippen LogP contribution in [0.1, 0.15) is 12.0 Å². The molecule has 3 rings (SSSR count). The summed E-state index contributed by atoms with van der Waals surface area (Å²) in [5.41, 5.74) is 7.06. The van der Waals surface area contributed by atoms with Gasteiger partial charge in [-0.3, -0.25) is 18.9 Å². The van der Waals surface area contributed by atoms with E-state index in [1.165, 1.54) is 11.6 Å². The van der Waals surface area contributed by atoms with E-state index in [4.69, 9.17) is 15.2 Å². The number of ether oxygens (including phenoxy) is 2. The molecule has 0 amide bonds. The second-order valence-corrected chi connectivity index (χ2v) is 6.88. The summed E-state index contributed by atoms with van der Waals surface area (Å²) in [5, 5.41) is 0. The van der Waals surface area contributed by atoms with Gasteiger partial charge in [0.15, 0.2) is 22.7 Å². The van der Waals surface area contributed by atoms with Gasteiger partial charge in [-0.05, 0) is 24.1 Å². The van der Waals surface area contributed by atoms with E-state index in [-0.39, 0.29) is 18.0 Å². The Bertz CT molecular complexity index is 1210. The summed E-state index contributed by atoms with van der Waals surface area (Å²) in [5.74, 6) is 1.84. The molecule has 0 bridgehead atoms. The summed E-state index contributed by atoms with van der Waals surface area (Å²) >= 11 is 0. The maximum atomic E-state index is 12.5. The lowest BCUT2D eigenvalue weighted by molar-refractivity contribution is 0.354. The minimum Gasteiger partial charge on any atom is -0.493 e. The van der Waals surface area contributed by atoms with Crippen LogP contribution in [-0.2, 0) is 27.1 Å². The zero-order valence-electron chi connectivity index (χ0n) is 18.0. The van der Waals surface area contributed by atoms with Crippen LogP contribution >= 0.6 is 12.4 Å². The first-order valence-electron chi connectivity index (χ1n) is 9.48. The maximum absolute atomic E-state index is 12.5. The number of imidazole rings is 1. The van der Waals surface area contributed by atoms with Crippen molar-refractivity contribution in [3.05, 3.63) is 50.9 Å². The number of methoxy groups -OCH3 is 2. The smallest absolute Gasteiger partial charge is 0.332 e. The summed E-state index contributed by atoms with van der Waals surface area (Å²) in [6, 6.07) is 5.74. The fourth-order valence-electron chi connectivity index (χ4n) is 3.25. The lowest BCUT2D eigenvalue weighted by Gasteiger charge is -2.09. The monoisotopic (exact) mass is 450 g/mol. The molecule has 31 heavy (non-hydrogen) atoms. The first-order chi connectivity index (χ1) is 14.4. The molecule has 2 N–H and O–H groups in total. The second-order valence-electron chi connectivity index (χ2n) is 6.88. The molecule has 0 spiro atoms. The number of amidine groups is 1. The van der Waals surface area contributed by atoms with Crippen molar-refractivity contribution in [2.24, 2.45) is 24.8 Å². The maximum Gasteiger partial charge on any atom is 0.332 e. The second kappa shape index (κ2) is 10.2. The van der Waals surface area contributed by atoms with Crippen LogP contribution < -0.4 is 26.5 Å². The Balaban J connectivity index is 0.00000341. The van der Waals surface area contributed by atoms with Gasteiger partial charge in [0.05, 0.1) is 26.4 Å². The molecule has 0 saturated heterocycles.